The van der Waals surface area contributed by atoms with E-state index < -0.39 is 10.0 Å². The predicted molar refractivity (Wildman–Crippen MR) is 91.5 cm³/mol. The van der Waals surface area contributed by atoms with Gasteiger partial charge in [0.2, 0.25) is 10.0 Å². The molecule has 1 rings (SSSR count). The molecule has 0 radical (unpaired) electrons. The van der Waals surface area contributed by atoms with Crippen LogP contribution in [-0.4, -0.2) is 46.7 Å². The van der Waals surface area contributed by atoms with Gasteiger partial charge in [0.1, 0.15) is 5.75 Å². The van der Waals surface area contributed by atoms with Crippen LogP contribution in [0.5, 0.6) is 5.75 Å². The topological polar surface area (TPSA) is 93.7 Å². The quantitative estimate of drug-likeness (QED) is 0.582. The van der Waals surface area contributed by atoms with Gasteiger partial charge < -0.3 is 14.8 Å². The third kappa shape index (κ3) is 7.76. The van der Waals surface area contributed by atoms with Gasteiger partial charge in [-0.3, -0.25) is 4.79 Å². The molecule has 1 aromatic carbocycles. The van der Waals surface area contributed by atoms with Crippen molar-refractivity contribution in [1.29, 1.82) is 0 Å². The summed E-state index contributed by atoms with van der Waals surface area (Å²) >= 11 is 0. The first kappa shape index (κ1) is 20.4. The number of carbonyl (C=O) groups is 1. The highest BCUT2D eigenvalue weighted by Crippen LogP contribution is 2.16. The molecule has 7 nitrogen and oxygen atoms in total. The number of hydrogen-bond donors (Lipinski definition) is 2. The van der Waals surface area contributed by atoms with Crippen molar-refractivity contribution in [2.24, 2.45) is 0 Å². The number of carbonyl (C=O) groups excluding carboxylic acids is 1. The summed E-state index contributed by atoms with van der Waals surface area (Å²) in [6.45, 7) is 7.10. The average Bonchev–Trinajstić information content (AvgIpc) is 2.52. The minimum absolute atomic E-state index is 0.120. The van der Waals surface area contributed by atoms with Crippen LogP contribution in [0.15, 0.2) is 29.2 Å². The third-order valence-corrected chi connectivity index (χ3v) is 4.56. The van der Waals surface area contributed by atoms with Crippen molar-refractivity contribution < 1.29 is 22.7 Å². The van der Waals surface area contributed by atoms with Crippen LogP contribution in [0.3, 0.4) is 0 Å². The van der Waals surface area contributed by atoms with E-state index in [4.69, 9.17) is 9.47 Å². The van der Waals surface area contributed by atoms with Crippen LogP contribution >= 0.6 is 0 Å². The smallest absolute Gasteiger partial charge is 0.257 e. The minimum atomic E-state index is -3.52. The molecule has 0 spiro atoms. The number of nitrogens with one attached hydrogen (secondary N) is 2. The number of sulfonamides is 1. The molecular formula is C16H26N2O5S. The molecule has 1 aromatic rings. The molecule has 0 bridgehead atoms. The van der Waals surface area contributed by atoms with Gasteiger partial charge in [0, 0.05) is 25.8 Å². The fraction of sp³-hybridized carbons (Fsp3) is 0.562. The van der Waals surface area contributed by atoms with Crippen LogP contribution in [0.4, 0.5) is 0 Å². The number of benzene rings is 1. The molecule has 0 fully saturated rings. The lowest BCUT2D eigenvalue weighted by Crippen LogP contribution is -2.30. The molecule has 0 atom stereocenters. The van der Waals surface area contributed by atoms with Crippen molar-refractivity contribution in [3.63, 3.8) is 0 Å². The molecule has 0 aliphatic heterocycles. The Morgan fingerprint density at radius 2 is 1.88 bits per heavy atom. The lowest BCUT2D eigenvalue weighted by atomic mass is 10.3. The Balaban J connectivity index is 2.40. The van der Waals surface area contributed by atoms with Gasteiger partial charge in [0.25, 0.3) is 5.91 Å². The van der Waals surface area contributed by atoms with E-state index >= 15 is 0 Å². The number of ether oxygens (including phenoxy) is 2. The first-order chi connectivity index (χ1) is 11.3. The van der Waals surface area contributed by atoms with Crippen LogP contribution in [0.1, 0.15) is 27.2 Å². The highest BCUT2D eigenvalue weighted by molar-refractivity contribution is 7.89. The second-order valence-corrected chi connectivity index (χ2v) is 7.15. The van der Waals surface area contributed by atoms with E-state index in [9.17, 15) is 13.2 Å². The van der Waals surface area contributed by atoms with E-state index in [1.807, 2.05) is 6.92 Å². The Hall–Kier alpha value is -1.64. The van der Waals surface area contributed by atoms with E-state index in [1.54, 1.807) is 13.8 Å². The third-order valence-electron chi connectivity index (χ3n) is 2.89. The fourth-order valence-electron chi connectivity index (χ4n) is 1.84. The summed E-state index contributed by atoms with van der Waals surface area (Å²) in [5.41, 5.74) is 0. The summed E-state index contributed by atoms with van der Waals surface area (Å²) in [6.07, 6.45) is 0.745. The molecule has 0 heterocycles. The average molecular weight is 358 g/mol. The molecular weight excluding hydrogens is 332 g/mol. The second-order valence-electron chi connectivity index (χ2n) is 5.44. The maximum Gasteiger partial charge on any atom is 0.257 e. The Bertz CT molecular complexity index is 599. The van der Waals surface area contributed by atoms with Crippen LogP contribution in [0, 0.1) is 0 Å². The maximum absolute atomic E-state index is 12.0. The highest BCUT2D eigenvalue weighted by Gasteiger charge is 2.15. The zero-order valence-electron chi connectivity index (χ0n) is 14.4. The predicted octanol–water partition coefficient (Wildman–Crippen LogP) is 1.29. The van der Waals surface area contributed by atoms with Gasteiger partial charge in [-0.25, -0.2) is 13.1 Å². The van der Waals surface area contributed by atoms with Crippen LogP contribution in [0.2, 0.25) is 0 Å². The van der Waals surface area contributed by atoms with Gasteiger partial charge in [0.05, 0.1) is 4.90 Å². The van der Waals surface area contributed by atoms with Crippen LogP contribution < -0.4 is 14.8 Å². The molecule has 0 saturated carbocycles. The lowest BCUT2D eigenvalue weighted by Gasteiger charge is -2.11. The molecule has 0 aliphatic rings. The highest BCUT2D eigenvalue weighted by atomic mass is 32.2. The van der Waals surface area contributed by atoms with Gasteiger partial charge in [-0.15, -0.1) is 0 Å². The number of rotatable bonds is 11. The first-order valence-electron chi connectivity index (χ1n) is 7.94. The van der Waals surface area contributed by atoms with Crippen molar-refractivity contribution in [3.8, 4) is 5.75 Å². The first-order valence-corrected chi connectivity index (χ1v) is 9.43. The van der Waals surface area contributed by atoms with E-state index in [0.29, 0.717) is 25.5 Å². The normalized spacial score (nSPS) is 11.5. The summed E-state index contributed by atoms with van der Waals surface area (Å²) in [7, 11) is -3.52. The van der Waals surface area contributed by atoms with Crippen LogP contribution in [-0.2, 0) is 19.6 Å². The Morgan fingerprint density at radius 1 is 1.21 bits per heavy atom. The van der Waals surface area contributed by atoms with Gasteiger partial charge in [-0.2, -0.15) is 0 Å². The lowest BCUT2D eigenvalue weighted by molar-refractivity contribution is -0.123. The Morgan fingerprint density at radius 3 is 2.46 bits per heavy atom. The minimum Gasteiger partial charge on any atom is -0.484 e. The van der Waals surface area contributed by atoms with E-state index in [0.717, 1.165) is 6.42 Å². The van der Waals surface area contributed by atoms with Crippen molar-refractivity contribution >= 4 is 15.9 Å². The molecule has 0 saturated heterocycles. The van der Waals surface area contributed by atoms with Crippen molar-refractivity contribution in [3.05, 3.63) is 24.3 Å². The van der Waals surface area contributed by atoms with Crippen LogP contribution in [0.25, 0.3) is 0 Å². The van der Waals surface area contributed by atoms with Crippen molar-refractivity contribution in [1.82, 2.24) is 10.0 Å². The number of hydrogen-bond acceptors (Lipinski definition) is 5. The van der Waals surface area contributed by atoms with Gasteiger partial charge in [-0.05, 0) is 51.5 Å². The molecule has 136 valence electrons. The summed E-state index contributed by atoms with van der Waals surface area (Å²) in [5.74, 6) is 0.202. The van der Waals surface area contributed by atoms with E-state index in [2.05, 4.69) is 10.0 Å². The Labute approximate surface area is 143 Å². The standard InChI is InChI=1S/C16H26N2O5S/c1-4-22-11-5-10-17-16(19)12-23-14-6-8-15(9-7-14)24(20,21)18-13(2)3/h6-9,13,18H,4-5,10-12H2,1-3H3,(H,17,19). The molecule has 0 aliphatic carbocycles. The molecule has 0 aromatic heterocycles. The fourth-order valence-corrected chi connectivity index (χ4v) is 3.09. The summed E-state index contributed by atoms with van der Waals surface area (Å²) in [4.78, 5) is 11.8. The monoisotopic (exact) mass is 358 g/mol. The Kier molecular flexibility index (Phi) is 8.73. The molecule has 2 N–H and O–H groups in total. The van der Waals surface area contributed by atoms with Gasteiger partial charge in [-0.1, -0.05) is 0 Å². The largest absolute Gasteiger partial charge is 0.484 e. The molecule has 8 heteroatoms. The molecule has 1 amide bonds. The zero-order valence-corrected chi connectivity index (χ0v) is 15.2. The summed E-state index contributed by atoms with van der Waals surface area (Å²) in [5, 5.41) is 2.72. The SMILES string of the molecule is CCOCCCNC(=O)COc1ccc(S(=O)(=O)NC(C)C)cc1. The van der Waals surface area contributed by atoms with E-state index in [1.165, 1.54) is 24.3 Å². The second kappa shape index (κ2) is 10.3. The summed E-state index contributed by atoms with van der Waals surface area (Å²) < 4.78 is 37.0. The van der Waals surface area contributed by atoms with Crippen molar-refractivity contribution in [2.45, 2.75) is 38.1 Å². The van der Waals surface area contributed by atoms with Gasteiger partial charge in [0.15, 0.2) is 6.61 Å². The van der Waals surface area contributed by atoms with Gasteiger partial charge >= 0.3 is 0 Å². The van der Waals surface area contributed by atoms with E-state index in [-0.39, 0.29) is 23.5 Å². The van der Waals surface area contributed by atoms with Crippen molar-refractivity contribution in [2.75, 3.05) is 26.4 Å². The zero-order chi connectivity index (χ0) is 18.0. The molecule has 24 heavy (non-hydrogen) atoms. The summed E-state index contributed by atoms with van der Waals surface area (Å²) in [6, 6.07) is 5.76. The maximum atomic E-state index is 12.0. The molecule has 0 unspecified atom stereocenters. The number of amides is 1.